The molecule has 0 saturated heterocycles. The summed E-state index contributed by atoms with van der Waals surface area (Å²) >= 11 is 19.8. The number of rotatable bonds is 7. The highest BCUT2D eigenvalue weighted by atomic mass is 35.5. The Morgan fingerprint density at radius 1 is 1.23 bits per heavy atom. The van der Waals surface area contributed by atoms with Gasteiger partial charge in [-0.15, -0.1) is 0 Å². The quantitative estimate of drug-likeness (QED) is 0.175. The maximum atomic E-state index is 15.4. The van der Waals surface area contributed by atoms with E-state index in [4.69, 9.17) is 39.7 Å². The van der Waals surface area contributed by atoms with Gasteiger partial charge in [-0.05, 0) is 24.0 Å². The first-order valence-corrected chi connectivity index (χ1v) is 10.8. The van der Waals surface area contributed by atoms with Gasteiger partial charge in [0.25, 0.3) is 0 Å². The van der Waals surface area contributed by atoms with Crippen LogP contribution in [0, 0.1) is 5.82 Å². The van der Waals surface area contributed by atoms with Crippen LogP contribution in [-0.2, 0) is 29.3 Å². The van der Waals surface area contributed by atoms with E-state index in [1.165, 1.54) is 11.8 Å². The van der Waals surface area contributed by atoms with Gasteiger partial charge < -0.3 is 4.57 Å². The Balaban J connectivity index is 2.74. The van der Waals surface area contributed by atoms with Crippen molar-refractivity contribution in [1.29, 1.82) is 0 Å². The van der Waals surface area contributed by atoms with E-state index in [1.807, 2.05) is 6.92 Å². The number of aromatic nitrogens is 1. The van der Waals surface area contributed by atoms with Crippen molar-refractivity contribution in [2.45, 2.75) is 26.4 Å². The Bertz CT molecular complexity index is 964. The number of alkyl halides is 3. The van der Waals surface area contributed by atoms with Gasteiger partial charge in [0.05, 0.1) is 10.0 Å². The van der Waals surface area contributed by atoms with Crippen molar-refractivity contribution in [3.05, 3.63) is 38.3 Å². The van der Waals surface area contributed by atoms with E-state index >= 15 is 4.39 Å². The molecule has 0 fully saturated rings. The predicted octanol–water partition coefficient (Wildman–Crippen LogP) is 6.96. The number of benzene rings is 1. The maximum Gasteiger partial charge on any atom is 0.432 e. The molecule has 0 atom stereocenters. The monoisotopic (exact) mass is 507 g/mol. The summed E-state index contributed by atoms with van der Waals surface area (Å²) in [5.74, 6) is -0.719. The van der Waals surface area contributed by atoms with Crippen molar-refractivity contribution in [2.24, 2.45) is 7.05 Å². The molecule has 0 amide bonds. The summed E-state index contributed by atoms with van der Waals surface area (Å²) in [5, 5.41) is -1.38. The molecule has 12 heteroatoms. The minimum atomic E-state index is -4.83. The highest BCUT2D eigenvalue weighted by Crippen LogP contribution is 2.48. The second-order valence-electron chi connectivity index (χ2n) is 6.02. The van der Waals surface area contributed by atoms with Crippen molar-refractivity contribution < 1.29 is 32.1 Å². The number of carbonyl (C=O) groups excluding carboxylic acids is 1. The average Bonchev–Trinajstić information content (AvgIpc) is 2.86. The van der Waals surface area contributed by atoms with Crippen LogP contribution >= 0.6 is 46.6 Å². The molecule has 4 nitrogen and oxygen atoms in total. The summed E-state index contributed by atoms with van der Waals surface area (Å²) in [6.45, 7) is 2.98. The van der Waals surface area contributed by atoms with Crippen LogP contribution < -0.4 is 4.89 Å². The molecule has 0 radical (unpaired) electrons. The second-order valence-corrected chi connectivity index (χ2v) is 8.53. The van der Waals surface area contributed by atoms with Gasteiger partial charge in [-0.3, -0.25) is 9.78 Å². The van der Waals surface area contributed by atoms with Crippen molar-refractivity contribution in [3.63, 3.8) is 0 Å². The summed E-state index contributed by atoms with van der Waals surface area (Å²) < 4.78 is 56.2. The van der Waals surface area contributed by atoms with Crippen LogP contribution in [0.3, 0.4) is 0 Å². The Morgan fingerprint density at radius 2 is 1.87 bits per heavy atom. The van der Waals surface area contributed by atoms with Crippen LogP contribution in [0.5, 0.6) is 5.75 Å². The lowest BCUT2D eigenvalue weighted by atomic mass is 10.0. The molecule has 166 valence electrons. The molecule has 0 aliphatic heterocycles. The van der Waals surface area contributed by atoms with Crippen LogP contribution in [0.2, 0.25) is 15.2 Å². The first kappa shape index (κ1) is 25.0. The second kappa shape index (κ2) is 9.89. The summed E-state index contributed by atoms with van der Waals surface area (Å²) in [6.07, 6.45) is -4.68. The van der Waals surface area contributed by atoms with E-state index in [1.54, 1.807) is 0 Å². The van der Waals surface area contributed by atoms with Crippen molar-refractivity contribution in [3.8, 4) is 16.9 Å². The Kier molecular flexibility index (Phi) is 8.23. The van der Waals surface area contributed by atoms with Crippen LogP contribution in [0.25, 0.3) is 11.1 Å². The van der Waals surface area contributed by atoms with Gasteiger partial charge in [0.1, 0.15) is 16.7 Å². The minimum Gasteiger partial charge on any atom is -0.329 e. The van der Waals surface area contributed by atoms with E-state index in [9.17, 15) is 18.0 Å². The zero-order chi connectivity index (χ0) is 22.8. The molecule has 0 bridgehead atoms. The Labute approximate surface area is 189 Å². The molecule has 2 rings (SSSR count). The maximum absolute atomic E-state index is 15.4. The molecule has 0 saturated carbocycles. The lowest BCUT2D eigenvalue weighted by Crippen LogP contribution is -2.11. The van der Waals surface area contributed by atoms with Crippen molar-refractivity contribution >= 4 is 52.5 Å². The minimum absolute atomic E-state index is 0.0261. The summed E-state index contributed by atoms with van der Waals surface area (Å²) in [5.41, 5.74) is -2.00. The number of halogens is 7. The zero-order valence-electron chi connectivity index (χ0n) is 15.9. The fourth-order valence-corrected chi connectivity index (χ4v) is 4.37. The number of carbonyl (C=O) groups is 1. The van der Waals surface area contributed by atoms with Crippen molar-refractivity contribution in [2.75, 3.05) is 11.5 Å². The molecule has 1 heterocycles. The van der Waals surface area contributed by atoms with Gasteiger partial charge in [-0.1, -0.05) is 41.7 Å². The van der Waals surface area contributed by atoms with Gasteiger partial charge in [-0.25, -0.2) is 9.18 Å². The normalized spacial score (nSPS) is 11.7. The number of hydrogen-bond donors (Lipinski definition) is 0. The van der Waals surface area contributed by atoms with Gasteiger partial charge >= 0.3 is 12.1 Å². The van der Waals surface area contributed by atoms with E-state index in [0.29, 0.717) is 10.3 Å². The van der Waals surface area contributed by atoms with E-state index in [0.717, 1.165) is 25.8 Å². The average molecular weight is 509 g/mol. The van der Waals surface area contributed by atoms with Crippen LogP contribution in [0.1, 0.15) is 25.1 Å². The smallest absolute Gasteiger partial charge is 0.329 e. The van der Waals surface area contributed by atoms with E-state index in [2.05, 4.69) is 4.89 Å². The highest BCUT2D eigenvalue weighted by molar-refractivity contribution is 7.99. The lowest BCUT2D eigenvalue weighted by Gasteiger charge is -2.14. The third-order valence-electron chi connectivity index (χ3n) is 4.01. The molecule has 0 spiro atoms. The molecule has 0 unspecified atom stereocenters. The molecule has 0 aliphatic rings. The molecule has 0 aliphatic carbocycles. The lowest BCUT2D eigenvalue weighted by molar-refractivity contribution is -0.210. The largest absolute Gasteiger partial charge is 0.432 e. The van der Waals surface area contributed by atoms with Crippen molar-refractivity contribution in [1.82, 2.24) is 4.57 Å². The number of nitrogens with zero attached hydrogens (tertiary/aromatic N) is 1. The summed E-state index contributed by atoms with van der Waals surface area (Å²) in [7, 11) is 1.06. The third-order valence-corrected chi connectivity index (χ3v) is 6.13. The zero-order valence-corrected chi connectivity index (χ0v) is 19.0. The first-order valence-electron chi connectivity index (χ1n) is 8.46. The SMILES string of the molecule is CCSCCc1c(F)c(-c2c(Cl)c(C(F)(F)F)n(C)c2Cl)cc(OOC(C)=O)c1Cl. The predicted molar refractivity (Wildman–Crippen MR) is 110 cm³/mol. The number of thioether (sulfide) groups is 1. The molecule has 1 aromatic heterocycles. The first-order chi connectivity index (χ1) is 13.9. The summed E-state index contributed by atoms with van der Waals surface area (Å²) in [6, 6.07) is 0.990. The number of hydrogen-bond acceptors (Lipinski definition) is 4. The molecule has 0 N–H and O–H groups in total. The standard InChI is InChI=1S/C18H16Cl3F4NO3S/c1-4-30-6-5-9-13(19)11(29-28-8(2)27)7-10(15(9)22)12-14(20)16(18(23,24)25)26(3)17(12)21/h7H,4-6H2,1-3H3. The van der Waals surface area contributed by atoms with Gasteiger partial charge in [0.2, 0.25) is 0 Å². The third kappa shape index (κ3) is 5.12. The van der Waals surface area contributed by atoms with Crippen LogP contribution in [0.15, 0.2) is 6.07 Å². The highest BCUT2D eigenvalue weighted by Gasteiger charge is 2.40. The molecule has 2 aromatic rings. The topological polar surface area (TPSA) is 40.5 Å². The fourth-order valence-electron chi connectivity index (χ4n) is 2.72. The molecule has 30 heavy (non-hydrogen) atoms. The Hall–Kier alpha value is -1.29. The van der Waals surface area contributed by atoms with E-state index < -0.39 is 33.8 Å². The van der Waals surface area contributed by atoms with Gasteiger partial charge in [0, 0.05) is 30.7 Å². The van der Waals surface area contributed by atoms with Gasteiger partial charge in [-0.2, -0.15) is 24.9 Å². The fraction of sp³-hybridized carbons (Fsp3) is 0.389. The Morgan fingerprint density at radius 3 is 2.37 bits per heavy atom. The van der Waals surface area contributed by atoms with Gasteiger partial charge in [0.15, 0.2) is 5.75 Å². The van der Waals surface area contributed by atoms with Crippen LogP contribution in [-0.4, -0.2) is 22.0 Å². The van der Waals surface area contributed by atoms with Crippen LogP contribution in [0.4, 0.5) is 17.6 Å². The molecular weight excluding hydrogens is 493 g/mol. The molecular formula is C18H16Cl3F4NO3S. The summed E-state index contributed by atoms with van der Waals surface area (Å²) in [4.78, 5) is 20.4. The molecule has 1 aromatic carbocycles. The van der Waals surface area contributed by atoms with E-state index in [-0.39, 0.29) is 33.9 Å².